The van der Waals surface area contributed by atoms with Crippen LogP contribution in [0.1, 0.15) is 0 Å². The van der Waals surface area contributed by atoms with Crippen LogP contribution >= 0.6 is 0 Å². The molecule has 0 fully saturated rings. The Bertz CT molecular complexity index is 534. The number of Topliss-reactive ketones (excluding diaryl/α,β-unsaturated/α-hetero) is 1. The number of hydrogen-bond acceptors (Lipinski definition) is 17. The number of rotatable bonds is 14. The van der Waals surface area contributed by atoms with Gasteiger partial charge in [-0.2, -0.15) is 0 Å². The van der Waals surface area contributed by atoms with Crippen molar-refractivity contribution in [1.29, 1.82) is 0 Å². The van der Waals surface area contributed by atoms with Crippen LogP contribution in [0, 0.1) is 0 Å². The van der Waals surface area contributed by atoms with E-state index in [1.54, 1.807) is 0 Å². The first-order valence-corrected chi connectivity index (χ1v) is 9.39. The SMILES string of the molecule is O=C(CO)[C@@H](O)[C@H](O)[C@H](O)CO.O=C[C@H](O)[C@@H](O)[C@H](O)CO.O=C[C@H](O)[C@@H](O)[C@H](O)[C@H](O)CO. The van der Waals surface area contributed by atoms with Gasteiger partial charge in [-0.25, -0.2) is 0 Å². The molecule has 0 radical (unpaired) electrons. The molecule has 17 heteroatoms. The zero-order chi connectivity index (χ0) is 27.6. The third kappa shape index (κ3) is 14.7. The summed E-state index contributed by atoms with van der Waals surface area (Å²) in [4.78, 5) is 30.2. The van der Waals surface area contributed by atoms with E-state index in [-0.39, 0.29) is 12.6 Å². The normalized spacial score (nSPS) is 19.7. The Morgan fingerprint density at radius 3 is 1.18 bits per heavy atom. The molecule has 0 aromatic heterocycles. The van der Waals surface area contributed by atoms with E-state index >= 15 is 0 Å². The van der Waals surface area contributed by atoms with Gasteiger partial charge in [0.2, 0.25) is 0 Å². The smallest absolute Gasteiger partial charge is 0.189 e. The molecule has 34 heavy (non-hydrogen) atoms. The fourth-order valence-corrected chi connectivity index (χ4v) is 1.64. The molecule has 0 spiro atoms. The van der Waals surface area contributed by atoms with Crippen molar-refractivity contribution in [1.82, 2.24) is 0 Å². The molecule has 0 aliphatic heterocycles. The van der Waals surface area contributed by atoms with Gasteiger partial charge in [0.05, 0.1) is 19.8 Å². The number of aliphatic hydroxyl groups is 14. The van der Waals surface area contributed by atoms with Crippen molar-refractivity contribution >= 4 is 18.4 Å². The summed E-state index contributed by atoms with van der Waals surface area (Å²) in [6, 6.07) is 0. The second-order valence-corrected chi connectivity index (χ2v) is 6.53. The van der Waals surface area contributed by atoms with Gasteiger partial charge in [0.15, 0.2) is 18.4 Å². The van der Waals surface area contributed by atoms with Crippen molar-refractivity contribution in [3.05, 3.63) is 0 Å². The summed E-state index contributed by atoms with van der Waals surface area (Å²) in [5.41, 5.74) is 0. The van der Waals surface area contributed by atoms with Gasteiger partial charge >= 0.3 is 0 Å². The molecule has 0 unspecified atom stereocenters. The molecule has 0 heterocycles. The van der Waals surface area contributed by atoms with E-state index < -0.39 is 93.3 Å². The number of carbonyl (C=O) groups excluding carboxylic acids is 3. The van der Waals surface area contributed by atoms with E-state index in [0.717, 1.165) is 0 Å². The lowest BCUT2D eigenvalue weighted by Crippen LogP contribution is -2.46. The Morgan fingerprint density at radius 2 is 0.853 bits per heavy atom. The minimum Gasteiger partial charge on any atom is -0.394 e. The third-order valence-electron chi connectivity index (χ3n) is 3.88. The summed E-state index contributed by atoms with van der Waals surface area (Å²) in [6.07, 6.45) is -16.7. The Hall–Kier alpha value is -1.55. The summed E-state index contributed by atoms with van der Waals surface area (Å²) >= 11 is 0. The van der Waals surface area contributed by atoms with Crippen molar-refractivity contribution in [2.75, 3.05) is 26.4 Å². The molecule has 0 rings (SSSR count). The molecule has 0 amide bonds. The monoisotopic (exact) mass is 510 g/mol. The van der Waals surface area contributed by atoms with Crippen LogP contribution in [0.4, 0.5) is 0 Å². The number of aliphatic hydroxyl groups excluding tert-OH is 14. The minimum absolute atomic E-state index is 0.0258. The van der Waals surface area contributed by atoms with Crippen LogP contribution in [0.15, 0.2) is 0 Å². The number of aldehydes is 2. The van der Waals surface area contributed by atoms with Crippen LogP contribution in [-0.4, -0.2) is 177 Å². The summed E-state index contributed by atoms with van der Waals surface area (Å²) in [5.74, 6) is -1.00. The number of ketones is 1. The maximum atomic E-state index is 10.5. The second kappa shape index (κ2) is 20.8. The first kappa shape index (κ1) is 37.0. The van der Waals surface area contributed by atoms with E-state index in [4.69, 9.17) is 71.5 Å². The number of carbonyl (C=O) groups is 3. The molecule has 204 valence electrons. The average Bonchev–Trinajstić information content (AvgIpc) is 2.88. The van der Waals surface area contributed by atoms with Gasteiger partial charge in [0, 0.05) is 0 Å². The third-order valence-corrected chi connectivity index (χ3v) is 3.88. The van der Waals surface area contributed by atoms with Crippen molar-refractivity contribution in [3.63, 3.8) is 0 Å². The zero-order valence-corrected chi connectivity index (χ0v) is 17.7. The van der Waals surface area contributed by atoms with Crippen LogP contribution in [0.3, 0.4) is 0 Å². The molecule has 0 bridgehead atoms. The highest BCUT2D eigenvalue weighted by Gasteiger charge is 2.30. The van der Waals surface area contributed by atoms with Crippen LogP contribution in [0.5, 0.6) is 0 Å². The van der Waals surface area contributed by atoms with E-state index in [2.05, 4.69) is 0 Å². The second-order valence-electron chi connectivity index (χ2n) is 6.53. The summed E-state index contributed by atoms with van der Waals surface area (Å²) < 4.78 is 0. The molecule has 0 saturated heterocycles. The first-order valence-electron chi connectivity index (χ1n) is 9.39. The molecule has 0 saturated carbocycles. The molecule has 0 aromatic carbocycles. The lowest BCUT2D eigenvalue weighted by atomic mass is 10.0. The Morgan fingerprint density at radius 1 is 0.529 bits per heavy atom. The largest absolute Gasteiger partial charge is 0.394 e. The van der Waals surface area contributed by atoms with Crippen molar-refractivity contribution in [2.24, 2.45) is 0 Å². The van der Waals surface area contributed by atoms with Gasteiger partial charge in [-0.1, -0.05) is 0 Å². The lowest BCUT2D eigenvalue weighted by molar-refractivity contribution is -0.142. The fourth-order valence-electron chi connectivity index (χ4n) is 1.64. The highest BCUT2D eigenvalue weighted by molar-refractivity contribution is 5.84. The minimum atomic E-state index is -1.86. The predicted molar refractivity (Wildman–Crippen MR) is 106 cm³/mol. The summed E-state index contributed by atoms with van der Waals surface area (Å²) in [7, 11) is 0. The lowest BCUT2D eigenvalue weighted by Gasteiger charge is -2.22. The molecule has 0 aliphatic rings. The van der Waals surface area contributed by atoms with Crippen LogP contribution in [0.2, 0.25) is 0 Å². The summed E-state index contributed by atoms with van der Waals surface area (Å²) in [6.45, 7) is -3.14. The van der Waals surface area contributed by atoms with Gasteiger partial charge in [0.25, 0.3) is 0 Å². The van der Waals surface area contributed by atoms with Gasteiger partial charge in [-0.15, -0.1) is 0 Å². The first-order chi connectivity index (χ1) is 15.7. The van der Waals surface area contributed by atoms with E-state index in [1.165, 1.54) is 0 Å². The molecular formula is C17H34O17. The van der Waals surface area contributed by atoms with Gasteiger partial charge in [0.1, 0.15) is 67.6 Å². The van der Waals surface area contributed by atoms with Gasteiger partial charge in [-0.05, 0) is 0 Å². The van der Waals surface area contributed by atoms with Crippen LogP contribution in [-0.2, 0) is 14.4 Å². The Labute approximate surface area is 192 Å². The zero-order valence-electron chi connectivity index (χ0n) is 17.7. The molecule has 0 aromatic rings. The highest BCUT2D eigenvalue weighted by atomic mass is 16.4. The fraction of sp³-hybridized carbons (Fsp3) is 0.824. The van der Waals surface area contributed by atoms with E-state index in [0.29, 0.717) is 0 Å². The average molecular weight is 510 g/mol. The maximum absolute atomic E-state index is 10.5. The van der Waals surface area contributed by atoms with E-state index in [1.807, 2.05) is 0 Å². The predicted octanol–water partition coefficient (Wildman–Crippen LogP) is -9.50. The molecule has 17 nitrogen and oxygen atoms in total. The molecular weight excluding hydrogens is 476 g/mol. The maximum Gasteiger partial charge on any atom is 0.189 e. The highest BCUT2D eigenvalue weighted by Crippen LogP contribution is 2.03. The van der Waals surface area contributed by atoms with Crippen molar-refractivity contribution < 1.29 is 85.9 Å². The standard InChI is InChI=1S/2C6H12O6.C5H10O5/c2*7-1-3(9)5(11)6(12)4(10)2-8;6-1-3(8)5(10)4(9)2-7/h3,5-9,11-12H,1-2H2;1,3-6,8-12H,2H2;1,3-5,7-10H,2H2/t3-,5-,6-;3-,4+,5+,6+;3-,4+,5+/m100/s1. The molecule has 14 N–H and O–H groups in total. The quantitative estimate of drug-likeness (QED) is 0.0964. The Balaban J connectivity index is -0.000000426. The van der Waals surface area contributed by atoms with Crippen molar-refractivity contribution in [2.45, 2.75) is 61.0 Å². The topological polar surface area (TPSA) is 334 Å². The molecule has 10 atom stereocenters. The van der Waals surface area contributed by atoms with Crippen LogP contribution in [0.25, 0.3) is 0 Å². The molecule has 0 aliphatic carbocycles. The van der Waals surface area contributed by atoms with Crippen molar-refractivity contribution in [3.8, 4) is 0 Å². The van der Waals surface area contributed by atoms with Gasteiger partial charge in [-0.3, -0.25) is 4.79 Å². The summed E-state index contributed by atoms with van der Waals surface area (Å²) in [5, 5.41) is 121. The van der Waals surface area contributed by atoms with Crippen LogP contribution < -0.4 is 0 Å². The van der Waals surface area contributed by atoms with Gasteiger partial charge < -0.3 is 81.1 Å². The number of hydrogen-bond donors (Lipinski definition) is 14. The Kier molecular flexibility index (Phi) is 22.6. The van der Waals surface area contributed by atoms with E-state index in [9.17, 15) is 14.4 Å².